The first-order chi connectivity index (χ1) is 10.7. The van der Waals surface area contributed by atoms with Gasteiger partial charge in [0.15, 0.2) is 0 Å². The largest absolute Gasteiger partial charge is 0.508 e. The van der Waals surface area contributed by atoms with E-state index in [1.54, 1.807) is 0 Å². The van der Waals surface area contributed by atoms with Gasteiger partial charge in [-0.1, -0.05) is 19.4 Å². The molecule has 1 aromatic rings. The van der Waals surface area contributed by atoms with Crippen molar-refractivity contribution in [2.75, 3.05) is 44.2 Å². The summed E-state index contributed by atoms with van der Waals surface area (Å²) in [4.78, 5) is 4.77. The lowest BCUT2D eigenvalue weighted by Gasteiger charge is -2.35. The maximum absolute atomic E-state index is 10.6. The maximum Gasteiger partial charge on any atom is 0.122 e. The molecule has 140 valence electrons. The molecule has 0 aliphatic carbocycles. The number of phenols is 1. The Labute approximate surface area is 159 Å². The fourth-order valence-corrected chi connectivity index (χ4v) is 3.40. The molecule has 0 unspecified atom stereocenters. The monoisotopic (exact) mass is 377 g/mol. The van der Waals surface area contributed by atoms with E-state index >= 15 is 0 Å². The molecule has 2 rings (SSSR count). The van der Waals surface area contributed by atoms with Crippen LogP contribution in [0.15, 0.2) is 18.2 Å². The Morgan fingerprint density at radius 3 is 2.25 bits per heavy atom. The number of phenolic OH excluding ortho intramolecular Hbond substituents is 1. The van der Waals surface area contributed by atoms with Crippen LogP contribution in [0.3, 0.4) is 0 Å². The summed E-state index contributed by atoms with van der Waals surface area (Å²) in [7, 11) is 0. The van der Waals surface area contributed by atoms with E-state index in [0.29, 0.717) is 11.8 Å². The molecule has 0 radical (unpaired) electrons. The van der Waals surface area contributed by atoms with E-state index < -0.39 is 0 Å². The number of benzene rings is 1. The summed E-state index contributed by atoms with van der Waals surface area (Å²) in [6.45, 7) is 12.6. The molecule has 1 aliphatic heterocycles. The van der Waals surface area contributed by atoms with Crippen LogP contribution in [0.2, 0.25) is 0 Å². The van der Waals surface area contributed by atoms with Gasteiger partial charge in [0.05, 0.1) is 0 Å². The Morgan fingerprint density at radius 2 is 1.75 bits per heavy atom. The molecule has 24 heavy (non-hydrogen) atoms. The zero-order valence-electron chi connectivity index (χ0n) is 15.1. The van der Waals surface area contributed by atoms with Gasteiger partial charge in [0.1, 0.15) is 5.75 Å². The molecule has 0 bridgehead atoms. The van der Waals surface area contributed by atoms with Crippen molar-refractivity contribution < 1.29 is 5.11 Å². The second-order valence-corrected chi connectivity index (χ2v) is 6.01. The Kier molecular flexibility index (Phi) is 11.5. The molecule has 1 heterocycles. The zero-order valence-corrected chi connectivity index (χ0v) is 16.8. The first kappa shape index (κ1) is 23.3. The van der Waals surface area contributed by atoms with Gasteiger partial charge in [-0.2, -0.15) is 0 Å². The predicted molar refractivity (Wildman–Crippen MR) is 108 cm³/mol. The number of nitrogens with zero attached hydrogens (tertiary/aromatic N) is 2. The van der Waals surface area contributed by atoms with E-state index in [1.165, 1.54) is 0 Å². The third-order valence-electron chi connectivity index (χ3n) is 4.66. The highest BCUT2D eigenvalue weighted by Crippen LogP contribution is 2.35. The molecule has 0 saturated carbocycles. The summed E-state index contributed by atoms with van der Waals surface area (Å²) >= 11 is 0. The molecule has 1 fully saturated rings. The van der Waals surface area contributed by atoms with Crippen molar-refractivity contribution in [3.05, 3.63) is 23.8 Å². The zero-order chi connectivity index (χ0) is 15.9. The molecule has 1 aromatic carbocycles. The lowest BCUT2D eigenvalue weighted by Crippen LogP contribution is -2.45. The van der Waals surface area contributed by atoms with Crippen LogP contribution in [0.1, 0.15) is 45.2 Å². The second kappa shape index (κ2) is 11.8. The number of anilines is 1. The van der Waals surface area contributed by atoms with Crippen LogP contribution in [0.5, 0.6) is 5.75 Å². The van der Waals surface area contributed by atoms with Crippen molar-refractivity contribution in [3.63, 3.8) is 0 Å². The van der Waals surface area contributed by atoms with E-state index in [4.69, 9.17) is 0 Å². The Hall–Kier alpha value is -0.680. The Balaban J connectivity index is 0.00000264. The van der Waals surface area contributed by atoms with Crippen LogP contribution in [0.4, 0.5) is 5.69 Å². The molecule has 4 nitrogen and oxygen atoms in total. The molecule has 6 heteroatoms. The van der Waals surface area contributed by atoms with Gasteiger partial charge in [-0.3, -0.25) is 4.90 Å². The van der Waals surface area contributed by atoms with Gasteiger partial charge in [0, 0.05) is 62.6 Å². The third kappa shape index (κ3) is 5.69. The maximum atomic E-state index is 10.6. The van der Waals surface area contributed by atoms with Crippen LogP contribution in [0.25, 0.3) is 0 Å². The van der Waals surface area contributed by atoms with Crippen LogP contribution in [-0.4, -0.2) is 49.3 Å². The average Bonchev–Trinajstić information content (AvgIpc) is 2.55. The molecule has 0 spiro atoms. The van der Waals surface area contributed by atoms with Crippen LogP contribution < -0.4 is 10.2 Å². The fraction of sp³-hybridized carbons (Fsp3) is 0.667. The van der Waals surface area contributed by atoms with E-state index in [9.17, 15) is 5.11 Å². The number of rotatable bonds is 7. The number of nitrogens with one attached hydrogen (secondary N) is 1. The minimum atomic E-state index is 0. The van der Waals surface area contributed by atoms with Gasteiger partial charge >= 0.3 is 0 Å². The highest BCUT2D eigenvalue weighted by atomic mass is 35.5. The van der Waals surface area contributed by atoms with Crippen molar-refractivity contribution in [2.45, 2.75) is 39.7 Å². The number of aromatic hydroxyl groups is 1. The van der Waals surface area contributed by atoms with Crippen LogP contribution in [0, 0.1) is 0 Å². The van der Waals surface area contributed by atoms with E-state index in [0.717, 1.165) is 63.4 Å². The van der Waals surface area contributed by atoms with Gasteiger partial charge < -0.3 is 15.3 Å². The molecule has 1 aliphatic rings. The highest BCUT2D eigenvalue weighted by Gasteiger charge is 2.24. The van der Waals surface area contributed by atoms with Gasteiger partial charge in [-0.15, -0.1) is 24.8 Å². The molecular weight excluding hydrogens is 345 g/mol. The summed E-state index contributed by atoms with van der Waals surface area (Å²) in [5.41, 5.74) is 2.20. The first-order valence-corrected chi connectivity index (χ1v) is 8.73. The summed E-state index contributed by atoms with van der Waals surface area (Å²) in [6.07, 6.45) is 2.23. The normalized spacial score (nSPS) is 16.0. The molecular formula is C18H33Cl2N3O. The summed E-state index contributed by atoms with van der Waals surface area (Å²) < 4.78 is 0. The molecule has 1 saturated heterocycles. The molecule has 2 N–H and O–H groups in total. The van der Waals surface area contributed by atoms with Crippen molar-refractivity contribution in [1.29, 1.82) is 0 Å². The van der Waals surface area contributed by atoms with E-state index in [-0.39, 0.29) is 24.8 Å². The van der Waals surface area contributed by atoms with Crippen molar-refractivity contribution in [3.8, 4) is 5.75 Å². The topological polar surface area (TPSA) is 38.7 Å². The quantitative estimate of drug-likeness (QED) is 0.757. The highest BCUT2D eigenvalue weighted by molar-refractivity contribution is 5.85. The second-order valence-electron chi connectivity index (χ2n) is 6.01. The number of halogens is 2. The van der Waals surface area contributed by atoms with Gasteiger partial charge in [0.25, 0.3) is 0 Å². The van der Waals surface area contributed by atoms with Gasteiger partial charge in [-0.25, -0.2) is 0 Å². The lowest BCUT2D eigenvalue weighted by atomic mass is 9.98. The average molecular weight is 378 g/mol. The lowest BCUT2D eigenvalue weighted by molar-refractivity contribution is 0.162. The van der Waals surface area contributed by atoms with Crippen molar-refractivity contribution in [2.24, 2.45) is 0 Å². The third-order valence-corrected chi connectivity index (χ3v) is 4.66. The number of piperazine rings is 1. The summed E-state index contributed by atoms with van der Waals surface area (Å²) in [5.74, 6) is 0.446. The molecule has 0 amide bonds. The Morgan fingerprint density at radius 1 is 1.12 bits per heavy atom. The van der Waals surface area contributed by atoms with Crippen LogP contribution >= 0.6 is 24.8 Å². The SMILES string of the molecule is CCC[C@@H](c1ccc(N(CC)CC)cc1O)N1CCNCC1.Cl.Cl. The minimum Gasteiger partial charge on any atom is -0.508 e. The standard InChI is InChI=1S/C18H31N3O.2ClH/c1-4-7-17(21-12-10-19-11-13-21)16-9-8-15(14-18(16)22)20(5-2)6-3;;/h8-9,14,17,19,22H,4-7,10-13H2,1-3H3;2*1H/t17-;;/m0../s1. The number of hydrogen-bond donors (Lipinski definition) is 2. The Bertz CT molecular complexity index is 464. The first-order valence-electron chi connectivity index (χ1n) is 8.73. The number of hydrogen-bond acceptors (Lipinski definition) is 4. The fourth-order valence-electron chi connectivity index (χ4n) is 3.40. The smallest absolute Gasteiger partial charge is 0.122 e. The van der Waals surface area contributed by atoms with Crippen LogP contribution in [-0.2, 0) is 0 Å². The van der Waals surface area contributed by atoms with E-state index in [1.807, 2.05) is 6.07 Å². The minimum absolute atomic E-state index is 0. The molecule has 1 atom stereocenters. The predicted octanol–water partition coefficient (Wildman–Crippen LogP) is 3.83. The van der Waals surface area contributed by atoms with E-state index in [2.05, 4.69) is 48.0 Å². The molecule has 0 aromatic heterocycles. The summed E-state index contributed by atoms with van der Waals surface area (Å²) in [5, 5.41) is 14.0. The van der Waals surface area contributed by atoms with Crippen molar-refractivity contribution >= 4 is 30.5 Å². The van der Waals surface area contributed by atoms with Crippen molar-refractivity contribution in [1.82, 2.24) is 10.2 Å². The van der Waals surface area contributed by atoms with Gasteiger partial charge in [-0.05, 0) is 26.3 Å². The summed E-state index contributed by atoms with van der Waals surface area (Å²) in [6, 6.07) is 6.56. The van der Waals surface area contributed by atoms with Gasteiger partial charge in [0.2, 0.25) is 0 Å².